The number of benzene rings is 2. The maximum Gasteiger partial charge on any atom is 0.196 e. The third kappa shape index (κ3) is 5.58. The fourth-order valence-electron chi connectivity index (χ4n) is 2.84. The van der Waals surface area contributed by atoms with Gasteiger partial charge in [0.05, 0.1) is 12.1 Å². The van der Waals surface area contributed by atoms with E-state index in [0.717, 1.165) is 11.3 Å². The first kappa shape index (κ1) is 18.4. The Kier molecular flexibility index (Phi) is 6.26. The molecule has 0 aliphatic carbocycles. The molecular weight excluding hydrogens is 326 g/mol. The Morgan fingerprint density at radius 2 is 1.77 bits per heavy atom. The van der Waals surface area contributed by atoms with Crippen molar-refractivity contribution in [3.8, 4) is 0 Å². The SMILES string of the molecule is Cc1ccc(CN=C(NCC2(O)CCOCC2)Nc2ccccc2)cc1. The summed E-state index contributed by atoms with van der Waals surface area (Å²) in [4.78, 5) is 4.69. The third-order valence-corrected chi connectivity index (χ3v) is 4.59. The van der Waals surface area contributed by atoms with Crippen molar-refractivity contribution in [2.45, 2.75) is 31.9 Å². The van der Waals surface area contributed by atoms with Crippen molar-refractivity contribution in [2.75, 3.05) is 25.1 Å². The van der Waals surface area contributed by atoms with Crippen LogP contribution in [-0.4, -0.2) is 36.4 Å². The molecule has 0 radical (unpaired) electrons. The number of nitrogens with zero attached hydrogens (tertiary/aromatic N) is 1. The Labute approximate surface area is 155 Å². The largest absolute Gasteiger partial charge is 0.388 e. The number of nitrogens with one attached hydrogen (secondary N) is 2. The highest BCUT2D eigenvalue weighted by Gasteiger charge is 2.29. The Morgan fingerprint density at radius 1 is 1.08 bits per heavy atom. The fraction of sp³-hybridized carbons (Fsp3) is 0.381. The number of anilines is 1. The van der Waals surface area contributed by atoms with Crippen LogP contribution in [0.4, 0.5) is 5.69 Å². The van der Waals surface area contributed by atoms with Crippen LogP contribution in [0.25, 0.3) is 0 Å². The molecule has 1 aliphatic heterocycles. The lowest BCUT2D eigenvalue weighted by Gasteiger charge is -2.32. The summed E-state index contributed by atoms with van der Waals surface area (Å²) in [5.74, 6) is 0.664. The van der Waals surface area contributed by atoms with Crippen LogP contribution in [0.1, 0.15) is 24.0 Å². The summed E-state index contributed by atoms with van der Waals surface area (Å²) in [5, 5.41) is 17.3. The van der Waals surface area contributed by atoms with Crippen LogP contribution in [0.2, 0.25) is 0 Å². The highest BCUT2D eigenvalue weighted by molar-refractivity contribution is 5.93. The lowest BCUT2D eigenvalue weighted by molar-refractivity contribution is -0.0593. The zero-order chi connectivity index (χ0) is 18.2. The molecule has 0 atom stereocenters. The first-order chi connectivity index (χ1) is 12.6. The Morgan fingerprint density at radius 3 is 2.46 bits per heavy atom. The van der Waals surface area contributed by atoms with Gasteiger partial charge in [0.1, 0.15) is 0 Å². The van der Waals surface area contributed by atoms with Crippen LogP contribution in [0.5, 0.6) is 0 Å². The van der Waals surface area contributed by atoms with Gasteiger partial charge in [-0.1, -0.05) is 48.0 Å². The minimum atomic E-state index is -0.749. The molecule has 0 unspecified atom stereocenters. The lowest BCUT2D eigenvalue weighted by Crippen LogP contribution is -2.48. The first-order valence-corrected chi connectivity index (χ1v) is 9.09. The molecule has 1 aliphatic rings. The van der Waals surface area contributed by atoms with Gasteiger partial charge < -0.3 is 20.5 Å². The molecule has 26 heavy (non-hydrogen) atoms. The van der Waals surface area contributed by atoms with E-state index < -0.39 is 5.60 Å². The summed E-state index contributed by atoms with van der Waals surface area (Å²) in [7, 11) is 0. The molecule has 138 valence electrons. The van der Waals surface area contributed by atoms with Gasteiger partial charge in [-0.3, -0.25) is 0 Å². The van der Waals surface area contributed by atoms with Gasteiger partial charge in [0, 0.05) is 38.3 Å². The Balaban J connectivity index is 1.68. The standard InChI is InChI=1S/C21H27N3O2/c1-17-7-9-18(10-8-17)15-22-20(24-19-5-3-2-4-6-19)23-16-21(25)11-13-26-14-12-21/h2-10,25H,11-16H2,1H3,(H2,22,23,24). The number of hydrogen-bond donors (Lipinski definition) is 3. The van der Waals surface area contributed by atoms with Crippen molar-refractivity contribution in [3.05, 3.63) is 65.7 Å². The van der Waals surface area contributed by atoms with E-state index >= 15 is 0 Å². The molecular formula is C21H27N3O2. The first-order valence-electron chi connectivity index (χ1n) is 9.09. The van der Waals surface area contributed by atoms with Crippen LogP contribution in [0, 0.1) is 6.92 Å². The molecule has 0 amide bonds. The van der Waals surface area contributed by atoms with E-state index in [1.165, 1.54) is 5.56 Å². The van der Waals surface area contributed by atoms with Gasteiger partial charge in [0.15, 0.2) is 5.96 Å². The van der Waals surface area contributed by atoms with E-state index in [4.69, 9.17) is 4.74 Å². The van der Waals surface area contributed by atoms with E-state index in [1.807, 2.05) is 30.3 Å². The molecule has 0 spiro atoms. The van der Waals surface area contributed by atoms with Crippen molar-refractivity contribution >= 4 is 11.6 Å². The number of para-hydroxylation sites is 1. The number of ether oxygens (including phenoxy) is 1. The number of hydrogen-bond acceptors (Lipinski definition) is 3. The molecule has 5 nitrogen and oxygen atoms in total. The minimum absolute atomic E-state index is 0.447. The summed E-state index contributed by atoms with van der Waals surface area (Å²) in [5.41, 5.74) is 2.60. The summed E-state index contributed by atoms with van der Waals surface area (Å²) in [6.45, 7) is 4.29. The minimum Gasteiger partial charge on any atom is -0.388 e. The van der Waals surface area contributed by atoms with E-state index in [2.05, 4.69) is 46.8 Å². The van der Waals surface area contributed by atoms with Gasteiger partial charge in [-0.25, -0.2) is 4.99 Å². The van der Waals surface area contributed by atoms with E-state index in [0.29, 0.717) is 45.1 Å². The average Bonchev–Trinajstić information content (AvgIpc) is 2.67. The van der Waals surface area contributed by atoms with Crippen LogP contribution >= 0.6 is 0 Å². The fourth-order valence-corrected chi connectivity index (χ4v) is 2.84. The molecule has 3 N–H and O–H groups in total. The summed E-state index contributed by atoms with van der Waals surface area (Å²) in [6, 6.07) is 18.3. The number of aryl methyl sites for hydroxylation is 1. The topological polar surface area (TPSA) is 65.9 Å². The molecule has 2 aromatic rings. The van der Waals surface area contributed by atoms with Crippen molar-refractivity contribution in [1.82, 2.24) is 5.32 Å². The van der Waals surface area contributed by atoms with Crippen molar-refractivity contribution in [3.63, 3.8) is 0 Å². The van der Waals surface area contributed by atoms with Crippen LogP contribution in [0.3, 0.4) is 0 Å². The zero-order valence-electron chi connectivity index (χ0n) is 15.2. The molecule has 1 heterocycles. The molecule has 3 rings (SSSR count). The summed E-state index contributed by atoms with van der Waals surface area (Å²) >= 11 is 0. The van der Waals surface area contributed by atoms with E-state index in [9.17, 15) is 5.11 Å². The maximum atomic E-state index is 10.7. The number of rotatable bonds is 5. The second-order valence-electron chi connectivity index (χ2n) is 6.83. The van der Waals surface area contributed by atoms with Crippen LogP contribution in [0.15, 0.2) is 59.6 Å². The molecule has 0 saturated carbocycles. The molecule has 0 bridgehead atoms. The van der Waals surface area contributed by atoms with E-state index in [-0.39, 0.29) is 0 Å². The predicted molar refractivity (Wildman–Crippen MR) is 105 cm³/mol. The second kappa shape index (κ2) is 8.83. The maximum absolute atomic E-state index is 10.7. The highest BCUT2D eigenvalue weighted by Crippen LogP contribution is 2.19. The van der Waals surface area contributed by atoms with E-state index in [1.54, 1.807) is 0 Å². The molecule has 1 saturated heterocycles. The molecule has 2 aromatic carbocycles. The lowest BCUT2D eigenvalue weighted by atomic mass is 9.94. The normalized spacial score (nSPS) is 16.9. The second-order valence-corrected chi connectivity index (χ2v) is 6.83. The quantitative estimate of drug-likeness (QED) is 0.571. The number of aliphatic hydroxyl groups is 1. The summed E-state index contributed by atoms with van der Waals surface area (Å²) in [6.07, 6.45) is 1.27. The summed E-state index contributed by atoms with van der Waals surface area (Å²) < 4.78 is 5.35. The number of guanidine groups is 1. The average molecular weight is 353 g/mol. The van der Waals surface area contributed by atoms with Crippen LogP contribution in [-0.2, 0) is 11.3 Å². The van der Waals surface area contributed by atoms with Gasteiger partial charge in [-0.15, -0.1) is 0 Å². The number of aliphatic imine (C=N–C) groups is 1. The third-order valence-electron chi connectivity index (χ3n) is 4.59. The molecule has 1 fully saturated rings. The molecule has 0 aromatic heterocycles. The van der Waals surface area contributed by atoms with Crippen molar-refractivity contribution in [2.24, 2.45) is 4.99 Å². The van der Waals surface area contributed by atoms with Gasteiger partial charge in [-0.05, 0) is 24.6 Å². The van der Waals surface area contributed by atoms with Gasteiger partial charge >= 0.3 is 0 Å². The predicted octanol–water partition coefficient (Wildman–Crippen LogP) is 3.09. The highest BCUT2D eigenvalue weighted by atomic mass is 16.5. The van der Waals surface area contributed by atoms with Gasteiger partial charge in [-0.2, -0.15) is 0 Å². The Hall–Kier alpha value is -2.37. The molecule has 5 heteroatoms. The van der Waals surface area contributed by atoms with Gasteiger partial charge in [0.25, 0.3) is 0 Å². The smallest absolute Gasteiger partial charge is 0.196 e. The monoisotopic (exact) mass is 353 g/mol. The Bertz CT molecular complexity index is 708. The van der Waals surface area contributed by atoms with Crippen molar-refractivity contribution < 1.29 is 9.84 Å². The van der Waals surface area contributed by atoms with Gasteiger partial charge in [0.2, 0.25) is 0 Å². The zero-order valence-corrected chi connectivity index (χ0v) is 15.2. The van der Waals surface area contributed by atoms with Crippen LogP contribution < -0.4 is 10.6 Å². The van der Waals surface area contributed by atoms with Crippen molar-refractivity contribution in [1.29, 1.82) is 0 Å².